The Hall–Kier alpha value is -0.620. The largest absolute Gasteiger partial charge is 0.461 e. The molecule has 0 aliphatic carbocycles. The molecule has 86 valence electrons. The van der Waals surface area contributed by atoms with Gasteiger partial charge in [-0.05, 0) is 12.8 Å². The van der Waals surface area contributed by atoms with Crippen LogP contribution in [-0.4, -0.2) is 41.1 Å². The maximum absolute atomic E-state index is 11.3. The third kappa shape index (κ3) is 3.79. The number of aliphatic hydroxyl groups is 1. The smallest absolute Gasteiger partial charge is 0.331 e. The van der Waals surface area contributed by atoms with Crippen LogP contribution in [0, 0.1) is 0 Å². The number of carbonyl (C=O) groups is 2. The SMILES string of the molecule is O=C(CCCCBr)N[C@@H]1C(=O)OC[C@@H]1O. The van der Waals surface area contributed by atoms with Gasteiger partial charge >= 0.3 is 5.97 Å². The van der Waals surface area contributed by atoms with Gasteiger partial charge in [0.05, 0.1) is 0 Å². The lowest BCUT2D eigenvalue weighted by Crippen LogP contribution is -2.44. The van der Waals surface area contributed by atoms with Crippen LogP contribution in [0.4, 0.5) is 0 Å². The molecule has 1 heterocycles. The molecule has 2 N–H and O–H groups in total. The standard InChI is InChI=1S/C9H14BrNO4/c10-4-2-1-3-7(13)11-8-6(12)5-15-9(8)14/h6,8,12H,1-5H2,(H,11,13)/t6-,8-/m0/s1. The van der Waals surface area contributed by atoms with E-state index in [1.54, 1.807) is 0 Å². The van der Waals surface area contributed by atoms with E-state index in [4.69, 9.17) is 0 Å². The Morgan fingerprint density at radius 3 is 2.87 bits per heavy atom. The van der Waals surface area contributed by atoms with Gasteiger partial charge in [-0.3, -0.25) is 4.79 Å². The van der Waals surface area contributed by atoms with Gasteiger partial charge in [-0.2, -0.15) is 0 Å². The van der Waals surface area contributed by atoms with Crippen molar-refractivity contribution in [2.45, 2.75) is 31.4 Å². The fraction of sp³-hybridized carbons (Fsp3) is 0.778. The molecular formula is C9H14BrNO4. The summed E-state index contributed by atoms with van der Waals surface area (Å²) >= 11 is 3.26. The number of ether oxygens (including phenoxy) is 1. The van der Waals surface area contributed by atoms with Crippen LogP contribution in [0.2, 0.25) is 0 Å². The van der Waals surface area contributed by atoms with E-state index in [1.165, 1.54) is 0 Å². The van der Waals surface area contributed by atoms with Crippen molar-refractivity contribution in [2.24, 2.45) is 0 Å². The summed E-state index contributed by atoms with van der Waals surface area (Å²) in [4.78, 5) is 22.4. The van der Waals surface area contributed by atoms with Crippen molar-refractivity contribution in [3.8, 4) is 0 Å². The quantitative estimate of drug-likeness (QED) is 0.421. The summed E-state index contributed by atoms with van der Waals surface area (Å²) in [6, 6.07) is -0.888. The average Bonchev–Trinajstić information content (AvgIpc) is 2.50. The van der Waals surface area contributed by atoms with E-state index in [1.807, 2.05) is 0 Å². The number of nitrogens with one attached hydrogen (secondary N) is 1. The molecule has 5 nitrogen and oxygen atoms in total. The second kappa shape index (κ2) is 6.07. The maximum Gasteiger partial charge on any atom is 0.331 e. The molecule has 1 saturated heterocycles. The van der Waals surface area contributed by atoms with Gasteiger partial charge in [0, 0.05) is 11.8 Å². The molecule has 1 amide bonds. The van der Waals surface area contributed by atoms with Gasteiger partial charge in [-0.25, -0.2) is 4.79 Å². The van der Waals surface area contributed by atoms with Gasteiger partial charge in [0.25, 0.3) is 0 Å². The van der Waals surface area contributed by atoms with Gasteiger partial charge in [-0.1, -0.05) is 15.9 Å². The van der Waals surface area contributed by atoms with Crippen LogP contribution in [0.15, 0.2) is 0 Å². The van der Waals surface area contributed by atoms with E-state index in [0.717, 1.165) is 18.2 Å². The number of halogens is 1. The maximum atomic E-state index is 11.3. The third-order valence-electron chi connectivity index (χ3n) is 2.14. The number of rotatable bonds is 5. The van der Waals surface area contributed by atoms with Gasteiger partial charge < -0.3 is 15.2 Å². The van der Waals surface area contributed by atoms with Crippen LogP contribution in [0.5, 0.6) is 0 Å². The molecule has 0 spiro atoms. The minimum absolute atomic E-state index is 0.0365. The van der Waals surface area contributed by atoms with E-state index in [0.29, 0.717) is 6.42 Å². The molecule has 0 unspecified atom stereocenters. The normalized spacial score (nSPS) is 25.1. The number of cyclic esters (lactones) is 1. The van der Waals surface area contributed by atoms with Crippen LogP contribution in [0.3, 0.4) is 0 Å². The predicted molar refractivity (Wildman–Crippen MR) is 56.5 cm³/mol. The highest BCUT2D eigenvalue weighted by atomic mass is 79.9. The first kappa shape index (κ1) is 12.4. The van der Waals surface area contributed by atoms with E-state index >= 15 is 0 Å². The van der Waals surface area contributed by atoms with Crippen LogP contribution in [0.25, 0.3) is 0 Å². The monoisotopic (exact) mass is 279 g/mol. The van der Waals surface area contributed by atoms with Gasteiger partial charge in [0.1, 0.15) is 12.7 Å². The van der Waals surface area contributed by atoms with Crippen molar-refractivity contribution in [3.63, 3.8) is 0 Å². The first-order chi connectivity index (χ1) is 7.15. The van der Waals surface area contributed by atoms with Crippen LogP contribution >= 0.6 is 15.9 Å². The summed E-state index contributed by atoms with van der Waals surface area (Å²) in [5.74, 6) is -0.782. The van der Waals surface area contributed by atoms with Crippen molar-refractivity contribution in [3.05, 3.63) is 0 Å². The van der Waals surface area contributed by atoms with Crippen molar-refractivity contribution >= 4 is 27.8 Å². The lowest BCUT2D eigenvalue weighted by Gasteiger charge is -2.11. The summed E-state index contributed by atoms with van der Waals surface area (Å²) < 4.78 is 4.59. The topological polar surface area (TPSA) is 75.6 Å². The van der Waals surface area contributed by atoms with E-state index in [-0.39, 0.29) is 12.5 Å². The summed E-state index contributed by atoms with van der Waals surface area (Å²) in [5, 5.41) is 12.6. The van der Waals surface area contributed by atoms with Crippen molar-refractivity contribution < 1.29 is 19.4 Å². The molecule has 1 aliphatic heterocycles. The molecule has 2 atom stereocenters. The molecule has 15 heavy (non-hydrogen) atoms. The fourth-order valence-corrected chi connectivity index (χ4v) is 1.69. The minimum atomic E-state index is -0.919. The summed E-state index contributed by atoms with van der Waals surface area (Å²) in [7, 11) is 0. The van der Waals surface area contributed by atoms with Crippen molar-refractivity contribution in [2.75, 3.05) is 11.9 Å². The lowest BCUT2D eigenvalue weighted by molar-refractivity contribution is -0.141. The number of esters is 1. The van der Waals surface area contributed by atoms with E-state index < -0.39 is 18.1 Å². The number of unbranched alkanes of at least 4 members (excludes halogenated alkanes) is 1. The summed E-state index contributed by atoms with van der Waals surface area (Å²) in [6.07, 6.45) is 1.11. The number of aliphatic hydroxyl groups excluding tert-OH is 1. The Morgan fingerprint density at radius 1 is 1.60 bits per heavy atom. The highest BCUT2D eigenvalue weighted by molar-refractivity contribution is 9.09. The molecule has 0 aromatic rings. The zero-order valence-corrected chi connectivity index (χ0v) is 9.83. The molecule has 1 fully saturated rings. The molecule has 1 aliphatic rings. The van der Waals surface area contributed by atoms with E-state index in [9.17, 15) is 14.7 Å². The number of hydrogen-bond acceptors (Lipinski definition) is 4. The molecule has 0 radical (unpaired) electrons. The van der Waals surface area contributed by atoms with Gasteiger partial charge in [0.15, 0.2) is 6.04 Å². The molecule has 0 bridgehead atoms. The molecular weight excluding hydrogens is 266 g/mol. The Morgan fingerprint density at radius 2 is 2.33 bits per heavy atom. The van der Waals surface area contributed by atoms with E-state index in [2.05, 4.69) is 26.0 Å². The van der Waals surface area contributed by atoms with Gasteiger partial charge in [0.2, 0.25) is 5.91 Å². The summed E-state index contributed by atoms with van der Waals surface area (Å²) in [6.45, 7) is -0.0365. The Labute approximate surface area is 96.3 Å². The molecule has 6 heteroatoms. The zero-order valence-electron chi connectivity index (χ0n) is 8.24. The van der Waals surface area contributed by atoms with Crippen LogP contribution in [0.1, 0.15) is 19.3 Å². The van der Waals surface area contributed by atoms with Crippen molar-refractivity contribution in [1.29, 1.82) is 0 Å². The minimum Gasteiger partial charge on any atom is -0.461 e. The van der Waals surface area contributed by atoms with Crippen LogP contribution < -0.4 is 5.32 Å². The zero-order chi connectivity index (χ0) is 11.3. The second-order valence-electron chi connectivity index (χ2n) is 3.39. The summed E-state index contributed by atoms with van der Waals surface area (Å²) in [5.41, 5.74) is 0. The molecule has 0 aromatic carbocycles. The Kier molecular flexibility index (Phi) is 5.04. The highest BCUT2D eigenvalue weighted by Gasteiger charge is 2.36. The van der Waals surface area contributed by atoms with Gasteiger partial charge in [-0.15, -0.1) is 0 Å². The molecule has 0 aromatic heterocycles. The molecule has 0 saturated carbocycles. The number of carbonyl (C=O) groups excluding carboxylic acids is 2. The molecule has 1 rings (SSSR count). The number of alkyl halides is 1. The third-order valence-corrected chi connectivity index (χ3v) is 2.70. The second-order valence-corrected chi connectivity index (χ2v) is 4.18. The van der Waals surface area contributed by atoms with Crippen molar-refractivity contribution in [1.82, 2.24) is 5.32 Å². The first-order valence-corrected chi connectivity index (χ1v) is 5.97. The Bertz CT molecular complexity index is 246. The van der Waals surface area contributed by atoms with Crippen LogP contribution in [-0.2, 0) is 14.3 Å². The highest BCUT2D eigenvalue weighted by Crippen LogP contribution is 2.08. The number of hydrogen-bond donors (Lipinski definition) is 2. The predicted octanol–water partition coefficient (Wildman–Crippen LogP) is -0.0459. The average molecular weight is 280 g/mol. The number of amides is 1. The Balaban J connectivity index is 2.27. The fourth-order valence-electron chi connectivity index (χ4n) is 1.29. The first-order valence-electron chi connectivity index (χ1n) is 4.85. The lowest BCUT2D eigenvalue weighted by atomic mass is 10.2.